The van der Waals surface area contributed by atoms with Crippen molar-refractivity contribution in [1.29, 1.82) is 0 Å². The highest BCUT2D eigenvalue weighted by atomic mass is 16.5. The van der Waals surface area contributed by atoms with Gasteiger partial charge in [0.1, 0.15) is 0 Å². The Kier molecular flexibility index (Phi) is 12.5. The molecule has 1 aliphatic rings. The zero-order valence-corrected chi connectivity index (χ0v) is 15.9. The molecule has 1 aliphatic heterocycles. The van der Waals surface area contributed by atoms with Crippen molar-refractivity contribution < 1.29 is 9.84 Å². The fourth-order valence-electron chi connectivity index (χ4n) is 2.54. The Morgan fingerprint density at radius 2 is 1.96 bits per heavy atom. The maximum atomic E-state index is 9.81. The topological polar surface area (TPSA) is 57.1 Å². The Morgan fingerprint density at radius 3 is 2.48 bits per heavy atom. The first-order chi connectivity index (χ1) is 11.2. The van der Waals surface area contributed by atoms with Gasteiger partial charge in [0.15, 0.2) is 5.82 Å². The first kappa shape index (κ1) is 21.8. The molecular formula is C18H37N3O2. The van der Waals surface area contributed by atoms with Gasteiger partial charge in [0.2, 0.25) is 5.88 Å². The van der Waals surface area contributed by atoms with E-state index in [1.165, 1.54) is 0 Å². The van der Waals surface area contributed by atoms with Gasteiger partial charge in [-0.2, -0.15) is 0 Å². The molecule has 1 rings (SSSR count). The molecule has 1 atom stereocenters. The summed E-state index contributed by atoms with van der Waals surface area (Å²) in [4.78, 5) is 6.73. The van der Waals surface area contributed by atoms with Gasteiger partial charge in [-0.05, 0) is 39.0 Å². The fraction of sp³-hybridized carbons (Fsp3) is 0.833. The van der Waals surface area contributed by atoms with Gasteiger partial charge in [0.25, 0.3) is 0 Å². The molecule has 0 radical (unpaired) electrons. The highest BCUT2D eigenvalue weighted by Crippen LogP contribution is 2.20. The average molecular weight is 328 g/mol. The lowest BCUT2D eigenvalue weighted by molar-refractivity contribution is 0.0874. The van der Waals surface area contributed by atoms with Crippen LogP contribution in [0.3, 0.4) is 0 Å². The number of nitrogens with one attached hydrogen (secondary N) is 1. The van der Waals surface area contributed by atoms with Crippen molar-refractivity contribution in [2.45, 2.75) is 78.9 Å². The zero-order chi connectivity index (χ0) is 17.7. The highest BCUT2D eigenvalue weighted by Gasteiger charge is 2.21. The Bertz CT molecular complexity index is 352. The van der Waals surface area contributed by atoms with E-state index in [0.717, 1.165) is 56.9 Å². The minimum atomic E-state index is -0.195. The Labute approximate surface area is 142 Å². The highest BCUT2D eigenvalue weighted by molar-refractivity contribution is 5.55. The molecule has 0 bridgehead atoms. The third kappa shape index (κ3) is 7.73. The summed E-state index contributed by atoms with van der Waals surface area (Å²) in [5.41, 5.74) is 0. The number of hydrogen-bond acceptors (Lipinski definition) is 5. The lowest BCUT2D eigenvalue weighted by atomic mass is 10.2. The van der Waals surface area contributed by atoms with Crippen LogP contribution in [0.15, 0.2) is 16.7 Å². The summed E-state index contributed by atoms with van der Waals surface area (Å²) in [7, 11) is 1.87. The van der Waals surface area contributed by atoms with Gasteiger partial charge in [-0.25, -0.2) is 4.99 Å². The predicted molar refractivity (Wildman–Crippen MR) is 98.5 cm³/mol. The van der Waals surface area contributed by atoms with Crippen molar-refractivity contribution in [3.63, 3.8) is 0 Å². The van der Waals surface area contributed by atoms with Crippen molar-refractivity contribution in [2.75, 3.05) is 20.1 Å². The van der Waals surface area contributed by atoms with Gasteiger partial charge < -0.3 is 20.1 Å². The van der Waals surface area contributed by atoms with E-state index in [9.17, 15) is 5.11 Å². The van der Waals surface area contributed by atoms with Crippen LogP contribution in [0.5, 0.6) is 0 Å². The number of nitrogens with zero attached hydrogens (tertiary/aromatic N) is 2. The number of ether oxygens (including phenoxy) is 1. The smallest absolute Gasteiger partial charge is 0.231 e. The second kappa shape index (κ2) is 13.2. The lowest BCUT2D eigenvalue weighted by Gasteiger charge is -2.27. The number of rotatable bonds is 7. The number of aliphatic hydroxyl groups excluding tert-OH is 1. The summed E-state index contributed by atoms with van der Waals surface area (Å²) < 4.78 is 6.08. The van der Waals surface area contributed by atoms with Crippen LogP contribution < -0.4 is 5.32 Å². The van der Waals surface area contributed by atoms with E-state index in [0.29, 0.717) is 0 Å². The number of likely N-dealkylation sites (tertiary alicyclic amines) is 1. The minimum Gasteiger partial charge on any atom is -0.473 e. The van der Waals surface area contributed by atoms with Crippen molar-refractivity contribution in [3.8, 4) is 0 Å². The summed E-state index contributed by atoms with van der Waals surface area (Å²) >= 11 is 0. The molecule has 0 aromatic rings. The fourth-order valence-corrected chi connectivity index (χ4v) is 2.54. The van der Waals surface area contributed by atoms with Crippen molar-refractivity contribution in [3.05, 3.63) is 11.7 Å². The van der Waals surface area contributed by atoms with Crippen LogP contribution in [-0.2, 0) is 4.74 Å². The minimum absolute atomic E-state index is 0.195. The maximum Gasteiger partial charge on any atom is 0.231 e. The first-order valence-corrected chi connectivity index (χ1v) is 9.16. The molecule has 1 fully saturated rings. The van der Waals surface area contributed by atoms with E-state index in [2.05, 4.69) is 29.1 Å². The molecule has 0 aromatic heterocycles. The molecule has 0 aromatic carbocycles. The average Bonchev–Trinajstić information content (AvgIpc) is 2.81. The van der Waals surface area contributed by atoms with Crippen LogP contribution in [0.2, 0.25) is 0 Å². The normalized spacial score (nSPS) is 19.8. The summed E-state index contributed by atoms with van der Waals surface area (Å²) in [6.45, 7) is 11.9. The van der Waals surface area contributed by atoms with Crippen LogP contribution in [-0.4, -0.2) is 48.6 Å². The standard InChI is InChI=1S/C16H31N3O2.C2H6/c1-5-14(6-2)21-16(17-4)15(18-7-3)19-11-8-9-13(20)10-12-19;1-2/h7,13-14,17,20H,5-6,8-12H2,1-4H3;1-2H3/b16-15-,18-7-;. The number of aliphatic hydroxyl groups is 1. The largest absolute Gasteiger partial charge is 0.473 e. The molecule has 0 amide bonds. The molecule has 2 N–H and O–H groups in total. The lowest BCUT2D eigenvalue weighted by Crippen LogP contribution is -2.30. The molecule has 23 heavy (non-hydrogen) atoms. The Hall–Kier alpha value is -1.23. The van der Waals surface area contributed by atoms with E-state index < -0.39 is 0 Å². The zero-order valence-electron chi connectivity index (χ0n) is 15.9. The molecule has 5 heteroatoms. The molecule has 0 saturated carbocycles. The molecule has 1 unspecified atom stereocenters. The molecular weight excluding hydrogens is 290 g/mol. The van der Waals surface area contributed by atoms with Gasteiger partial charge in [-0.1, -0.05) is 27.7 Å². The second-order valence-corrected chi connectivity index (χ2v) is 5.42. The summed E-state index contributed by atoms with van der Waals surface area (Å²) in [5, 5.41) is 13.0. The number of aliphatic imine (C=N–C) groups is 1. The third-order valence-corrected chi connectivity index (χ3v) is 3.87. The van der Waals surface area contributed by atoms with Crippen LogP contribution in [0.1, 0.15) is 66.7 Å². The SMILES string of the molecule is C/C=N\C(=C(/NC)OC(CC)CC)N1CCCC(O)CC1.CC. The third-order valence-electron chi connectivity index (χ3n) is 3.87. The van der Waals surface area contributed by atoms with Gasteiger partial charge in [0.05, 0.1) is 12.2 Å². The van der Waals surface area contributed by atoms with Crippen molar-refractivity contribution in [2.24, 2.45) is 4.99 Å². The summed E-state index contributed by atoms with van der Waals surface area (Å²) in [6.07, 6.45) is 6.38. The van der Waals surface area contributed by atoms with Gasteiger partial charge in [0, 0.05) is 26.4 Å². The van der Waals surface area contributed by atoms with E-state index in [4.69, 9.17) is 4.74 Å². The number of hydrogen-bond donors (Lipinski definition) is 2. The monoisotopic (exact) mass is 327 g/mol. The van der Waals surface area contributed by atoms with E-state index >= 15 is 0 Å². The van der Waals surface area contributed by atoms with Gasteiger partial charge in [-0.15, -0.1) is 0 Å². The van der Waals surface area contributed by atoms with E-state index in [1.54, 1.807) is 6.21 Å². The Balaban J connectivity index is 0.00000232. The molecule has 0 aliphatic carbocycles. The summed E-state index contributed by atoms with van der Waals surface area (Å²) in [5.74, 6) is 1.58. The summed E-state index contributed by atoms with van der Waals surface area (Å²) in [6, 6.07) is 0. The van der Waals surface area contributed by atoms with Crippen LogP contribution in [0, 0.1) is 0 Å². The predicted octanol–water partition coefficient (Wildman–Crippen LogP) is 3.50. The second-order valence-electron chi connectivity index (χ2n) is 5.42. The molecule has 136 valence electrons. The van der Waals surface area contributed by atoms with E-state index in [-0.39, 0.29) is 12.2 Å². The van der Waals surface area contributed by atoms with E-state index in [1.807, 2.05) is 27.8 Å². The van der Waals surface area contributed by atoms with Gasteiger partial charge in [-0.3, -0.25) is 0 Å². The Morgan fingerprint density at radius 1 is 1.30 bits per heavy atom. The first-order valence-electron chi connectivity index (χ1n) is 9.16. The molecule has 1 saturated heterocycles. The van der Waals surface area contributed by atoms with Crippen molar-refractivity contribution in [1.82, 2.24) is 10.2 Å². The van der Waals surface area contributed by atoms with Crippen molar-refractivity contribution >= 4 is 6.21 Å². The molecule has 0 spiro atoms. The molecule has 5 nitrogen and oxygen atoms in total. The van der Waals surface area contributed by atoms with Gasteiger partial charge >= 0.3 is 0 Å². The quantitative estimate of drug-likeness (QED) is 0.555. The maximum absolute atomic E-state index is 9.81. The van der Waals surface area contributed by atoms with Crippen LogP contribution in [0.4, 0.5) is 0 Å². The van der Waals surface area contributed by atoms with Crippen LogP contribution in [0.25, 0.3) is 0 Å². The molecule has 1 heterocycles. The van der Waals surface area contributed by atoms with Crippen LogP contribution >= 0.6 is 0 Å².